The smallest absolute Gasteiger partial charge is 0.175 e. The van der Waals surface area contributed by atoms with Gasteiger partial charge in [-0.2, -0.15) is 0 Å². The van der Waals surface area contributed by atoms with Crippen molar-refractivity contribution in [3.63, 3.8) is 0 Å². The van der Waals surface area contributed by atoms with Crippen LogP contribution >= 0.6 is 15.9 Å². The number of imidazole rings is 1. The Morgan fingerprint density at radius 3 is 3.05 bits per heavy atom. The summed E-state index contributed by atoms with van der Waals surface area (Å²) in [7, 11) is 0. The molecule has 0 amide bonds. The summed E-state index contributed by atoms with van der Waals surface area (Å²) in [5.41, 5.74) is 5.71. The van der Waals surface area contributed by atoms with Gasteiger partial charge in [-0.3, -0.25) is 4.99 Å². The van der Waals surface area contributed by atoms with Gasteiger partial charge in [-0.1, -0.05) is 15.9 Å². The fourth-order valence-electron chi connectivity index (χ4n) is 2.41. The van der Waals surface area contributed by atoms with Crippen LogP contribution in [-0.4, -0.2) is 15.4 Å². The van der Waals surface area contributed by atoms with Crippen molar-refractivity contribution < 1.29 is 4.39 Å². The van der Waals surface area contributed by atoms with E-state index in [-0.39, 0.29) is 5.82 Å². The van der Waals surface area contributed by atoms with Gasteiger partial charge in [0.2, 0.25) is 0 Å². The highest BCUT2D eigenvalue weighted by atomic mass is 79.9. The summed E-state index contributed by atoms with van der Waals surface area (Å²) >= 11 is 3.36. The topological polar surface area (TPSA) is 56.2 Å². The molecule has 0 bridgehead atoms. The molecule has 0 fully saturated rings. The Morgan fingerprint density at radius 1 is 1.47 bits per heavy atom. The molecule has 2 N–H and O–H groups in total. The van der Waals surface area contributed by atoms with Crippen LogP contribution in [0.2, 0.25) is 0 Å². The zero-order valence-electron chi connectivity index (χ0n) is 10.3. The molecular formula is C13H12BrFN4. The van der Waals surface area contributed by atoms with E-state index in [1.54, 1.807) is 18.3 Å². The number of aromatic nitrogens is 2. The van der Waals surface area contributed by atoms with Crippen LogP contribution in [0.3, 0.4) is 0 Å². The second-order valence-corrected chi connectivity index (χ2v) is 5.69. The Kier molecular flexibility index (Phi) is 2.70. The van der Waals surface area contributed by atoms with Crippen LogP contribution in [0.25, 0.3) is 0 Å². The minimum absolute atomic E-state index is 0.286. The molecule has 4 nitrogen and oxygen atoms in total. The number of hydrogen-bond donors (Lipinski definition) is 1. The number of rotatable bonds is 1. The van der Waals surface area contributed by atoms with E-state index in [0.717, 1.165) is 4.47 Å². The minimum atomic E-state index is -0.731. The predicted molar refractivity (Wildman–Crippen MR) is 74.4 cm³/mol. The summed E-state index contributed by atoms with van der Waals surface area (Å²) in [6, 6.07) is 4.84. The van der Waals surface area contributed by atoms with E-state index in [1.165, 1.54) is 6.07 Å². The minimum Gasteiger partial charge on any atom is -0.381 e. The zero-order valence-corrected chi connectivity index (χ0v) is 11.9. The van der Waals surface area contributed by atoms with E-state index < -0.39 is 5.54 Å². The third-order valence-electron chi connectivity index (χ3n) is 3.30. The number of nitrogens with two attached hydrogens (primary N) is 1. The molecule has 1 aromatic heterocycles. The van der Waals surface area contributed by atoms with Crippen molar-refractivity contribution in [1.82, 2.24) is 9.55 Å². The maximum atomic E-state index is 14.1. The first kappa shape index (κ1) is 12.3. The summed E-state index contributed by atoms with van der Waals surface area (Å²) in [6.07, 6.45) is 3.49. The van der Waals surface area contributed by atoms with Crippen LogP contribution in [0, 0.1) is 5.82 Å². The number of halogens is 2. The van der Waals surface area contributed by atoms with Gasteiger partial charge in [-0.25, -0.2) is 9.37 Å². The van der Waals surface area contributed by atoms with Crippen molar-refractivity contribution >= 4 is 21.8 Å². The molecule has 1 aliphatic rings. The number of nitrogens with zero attached hydrogens (tertiary/aromatic N) is 3. The maximum absolute atomic E-state index is 14.1. The van der Waals surface area contributed by atoms with Gasteiger partial charge in [0, 0.05) is 22.4 Å². The molecule has 1 aromatic carbocycles. The van der Waals surface area contributed by atoms with E-state index in [9.17, 15) is 4.39 Å². The Bertz CT molecular complexity index is 679. The van der Waals surface area contributed by atoms with Crippen molar-refractivity contribution in [3.05, 3.63) is 52.3 Å². The van der Waals surface area contributed by atoms with Crippen LogP contribution in [-0.2, 0) is 12.1 Å². The van der Waals surface area contributed by atoms with Gasteiger partial charge in [0.05, 0.1) is 6.54 Å². The monoisotopic (exact) mass is 322 g/mol. The second kappa shape index (κ2) is 4.16. The second-order valence-electron chi connectivity index (χ2n) is 4.77. The quantitative estimate of drug-likeness (QED) is 0.876. The highest BCUT2D eigenvalue weighted by molar-refractivity contribution is 9.10. The largest absolute Gasteiger partial charge is 0.381 e. The highest BCUT2D eigenvalue weighted by Crippen LogP contribution is 2.34. The van der Waals surface area contributed by atoms with Crippen LogP contribution in [0.15, 0.2) is 40.1 Å². The number of aliphatic imine (C=N–C) groups is 1. The Morgan fingerprint density at radius 2 is 2.26 bits per heavy atom. The molecule has 2 heterocycles. The number of hydrogen-bond acceptors (Lipinski definition) is 3. The maximum Gasteiger partial charge on any atom is 0.175 e. The van der Waals surface area contributed by atoms with Gasteiger partial charge in [-0.05, 0) is 25.1 Å². The number of benzene rings is 1. The third kappa shape index (κ3) is 1.96. The Labute approximate surface area is 118 Å². The molecule has 1 atom stereocenters. The van der Waals surface area contributed by atoms with Crippen molar-refractivity contribution in [3.8, 4) is 0 Å². The summed E-state index contributed by atoms with van der Waals surface area (Å²) in [5, 5.41) is 0. The van der Waals surface area contributed by atoms with E-state index in [0.29, 0.717) is 23.8 Å². The summed E-state index contributed by atoms with van der Waals surface area (Å²) in [4.78, 5) is 8.59. The average molecular weight is 323 g/mol. The first-order valence-corrected chi connectivity index (χ1v) is 6.61. The van der Waals surface area contributed by atoms with Gasteiger partial charge in [0.15, 0.2) is 11.7 Å². The molecule has 98 valence electrons. The van der Waals surface area contributed by atoms with Crippen LogP contribution in [0.4, 0.5) is 4.39 Å². The molecule has 1 aliphatic heterocycles. The molecule has 3 rings (SSSR count). The lowest BCUT2D eigenvalue weighted by molar-refractivity contribution is 0.383. The Balaban J connectivity index is 2.15. The fourth-order valence-corrected chi connectivity index (χ4v) is 2.77. The van der Waals surface area contributed by atoms with E-state index >= 15 is 0 Å². The first-order chi connectivity index (χ1) is 8.99. The van der Waals surface area contributed by atoms with Crippen molar-refractivity contribution in [1.29, 1.82) is 0 Å². The van der Waals surface area contributed by atoms with Crippen LogP contribution in [0.5, 0.6) is 0 Å². The standard InChI is InChI=1S/C13H12BrFN4/c1-13(9-6-8(14)2-3-10(9)15)7-19-5-4-17-12(19)11(16)18-13/h2-6H,7H2,1H3,(H2,16,18). The molecule has 0 saturated heterocycles. The normalized spacial score (nSPS) is 21.9. The summed E-state index contributed by atoms with van der Waals surface area (Å²) in [6.45, 7) is 2.38. The summed E-state index contributed by atoms with van der Waals surface area (Å²) in [5.74, 6) is 0.678. The zero-order chi connectivity index (χ0) is 13.6. The van der Waals surface area contributed by atoms with Gasteiger partial charge >= 0.3 is 0 Å². The Hall–Kier alpha value is -1.69. The molecule has 2 aromatic rings. The van der Waals surface area contributed by atoms with Gasteiger partial charge in [0.1, 0.15) is 11.4 Å². The molecule has 0 radical (unpaired) electrons. The van der Waals surface area contributed by atoms with Crippen LogP contribution in [0.1, 0.15) is 18.3 Å². The van der Waals surface area contributed by atoms with Crippen molar-refractivity contribution in [2.45, 2.75) is 19.0 Å². The number of amidine groups is 1. The lowest BCUT2D eigenvalue weighted by atomic mass is 9.91. The van der Waals surface area contributed by atoms with Crippen molar-refractivity contribution in [2.75, 3.05) is 0 Å². The number of fused-ring (bicyclic) bond motifs is 1. The van der Waals surface area contributed by atoms with E-state index in [2.05, 4.69) is 25.9 Å². The molecule has 0 aliphatic carbocycles. The van der Waals surface area contributed by atoms with Crippen molar-refractivity contribution in [2.24, 2.45) is 10.7 Å². The molecule has 6 heteroatoms. The SMILES string of the molecule is CC1(c2cc(Br)ccc2F)Cn2ccnc2C(N)=N1. The first-order valence-electron chi connectivity index (χ1n) is 5.82. The van der Waals surface area contributed by atoms with Crippen LogP contribution < -0.4 is 5.73 Å². The molecular weight excluding hydrogens is 311 g/mol. The predicted octanol–water partition coefficient (Wildman–Crippen LogP) is 2.42. The molecule has 1 unspecified atom stereocenters. The van der Waals surface area contributed by atoms with Gasteiger partial charge in [-0.15, -0.1) is 0 Å². The van der Waals surface area contributed by atoms with E-state index in [4.69, 9.17) is 5.73 Å². The molecule has 0 saturated carbocycles. The third-order valence-corrected chi connectivity index (χ3v) is 3.79. The molecule has 19 heavy (non-hydrogen) atoms. The van der Waals surface area contributed by atoms with Gasteiger partial charge < -0.3 is 10.3 Å². The van der Waals surface area contributed by atoms with Gasteiger partial charge in [0.25, 0.3) is 0 Å². The lowest BCUT2D eigenvalue weighted by Gasteiger charge is -2.31. The van der Waals surface area contributed by atoms with E-state index in [1.807, 2.05) is 17.7 Å². The fraction of sp³-hybridized carbons (Fsp3) is 0.231. The molecule has 0 spiro atoms. The summed E-state index contributed by atoms with van der Waals surface area (Å²) < 4.78 is 16.8. The highest BCUT2D eigenvalue weighted by Gasteiger charge is 2.34. The average Bonchev–Trinajstić information content (AvgIpc) is 2.80. The lowest BCUT2D eigenvalue weighted by Crippen LogP contribution is -2.37.